The zero-order valence-corrected chi connectivity index (χ0v) is 11.5. The van der Waals surface area contributed by atoms with Crippen molar-refractivity contribution < 1.29 is 13.9 Å². The van der Waals surface area contributed by atoms with Crippen LogP contribution in [0.1, 0.15) is 16.9 Å². The van der Waals surface area contributed by atoms with Crippen molar-refractivity contribution in [3.8, 4) is 11.8 Å². The SMILES string of the molecule is COc1ccc2cc(C(=O)N3CC(F)CC3C#N)[nH]c2c1. The minimum atomic E-state index is -1.14. The Labute approximate surface area is 120 Å². The van der Waals surface area contributed by atoms with Gasteiger partial charge in [0, 0.05) is 23.4 Å². The summed E-state index contributed by atoms with van der Waals surface area (Å²) in [5.41, 5.74) is 1.12. The Morgan fingerprint density at radius 3 is 3.05 bits per heavy atom. The summed E-state index contributed by atoms with van der Waals surface area (Å²) in [6.07, 6.45) is -1.06. The lowest BCUT2D eigenvalue weighted by atomic mass is 10.2. The molecule has 0 bridgehead atoms. The Morgan fingerprint density at radius 2 is 2.33 bits per heavy atom. The number of fused-ring (bicyclic) bond motifs is 1. The van der Waals surface area contributed by atoms with Gasteiger partial charge in [0.25, 0.3) is 5.91 Å². The maximum absolute atomic E-state index is 13.4. The normalized spacial score (nSPS) is 21.5. The van der Waals surface area contributed by atoms with E-state index in [-0.39, 0.29) is 18.9 Å². The standard InChI is InChI=1S/C15H14FN3O2/c1-21-12-3-2-9-4-14(18-13(9)6-12)15(20)19-8-10(16)5-11(19)7-17/h2-4,6,10-11,18H,5,8H2,1H3. The smallest absolute Gasteiger partial charge is 0.271 e. The van der Waals surface area contributed by atoms with Crippen LogP contribution in [0.5, 0.6) is 5.75 Å². The topological polar surface area (TPSA) is 69.1 Å². The van der Waals surface area contributed by atoms with E-state index in [1.165, 1.54) is 4.90 Å². The highest BCUT2D eigenvalue weighted by Gasteiger charge is 2.36. The molecular weight excluding hydrogens is 273 g/mol. The molecule has 5 nitrogen and oxygen atoms in total. The largest absolute Gasteiger partial charge is 0.497 e. The number of benzene rings is 1. The maximum atomic E-state index is 13.4. The second-order valence-electron chi connectivity index (χ2n) is 5.07. The summed E-state index contributed by atoms with van der Waals surface area (Å²) in [7, 11) is 1.57. The molecule has 1 aromatic heterocycles. The van der Waals surface area contributed by atoms with Gasteiger partial charge in [-0.3, -0.25) is 4.79 Å². The molecule has 1 amide bonds. The first-order chi connectivity index (χ1) is 10.1. The number of carbonyl (C=O) groups excluding carboxylic acids is 1. The predicted octanol–water partition coefficient (Wildman–Crippen LogP) is 2.25. The molecule has 1 aromatic carbocycles. The lowest BCUT2D eigenvalue weighted by Crippen LogP contribution is -2.35. The van der Waals surface area contributed by atoms with Crippen molar-refractivity contribution in [2.24, 2.45) is 0 Å². The number of hydrogen-bond acceptors (Lipinski definition) is 3. The number of aromatic amines is 1. The van der Waals surface area contributed by atoms with Crippen LogP contribution < -0.4 is 4.74 Å². The van der Waals surface area contributed by atoms with Gasteiger partial charge in [0.05, 0.1) is 19.7 Å². The van der Waals surface area contributed by atoms with Gasteiger partial charge in [-0.2, -0.15) is 5.26 Å². The lowest BCUT2D eigenvalue weighted by molar-refractivity contribution is 0.0751. The summed E-state index contributed by atoms with van der Waals surface area (Å²) in [6, 6.07) is 8.41. The van der Waals surface area contributed by atoms with Crippen LogP contribution in [0, 0.1) is 11.3 Å². The molecule has 0 aliphatic carbocycles. The van der Waals surface area contributed by atoms with E-state index in [9.17, 15) is 9.18 Å². The highest BCUT2D eigenvalue weighted by atomic mass is 19.1. The molecule has 1 aliphatic rings. The van der Waals surface area contributed by atoms with E-state index < -0.39 is 12.2 Å². The number of carbonyl (C=O) groups is 1. The Hall–Kier alpha value is -2.55. The minimum absolute atomic E-state index is 0.0320. The van der Waals surface area contributed by atoms with Crippen molar-refractivity contribution >= 4 is 16.8 Å². The van der Waals surface area contributed by atoms with Crippen LogP contribution in [0.25, 0.3) is 10.9 Å². The lowest BCUT2D eigenvalue weighted by Gasteiger charge is -2.17. The third-order valence-electron chi connectivity index (χ3n) is 3.72. The molecule has 6 heteroatoms. The number of nitrogens with one attached hydrogen (secondary N) is 1. The van der Waals surface area contributed by atoms with Crippen molar-refractivity contribution in [1.82, 2.24) is 9.88 Å². The van der Waals surface area contributed by atoms with Crippen LogP contribution in [0.3, 0.4) is 0 Å². The van der Waals surface area contributed by atoms with Crippen LogP contribution in [0.2, 0.25) is 0 Å². The summed E-state index contributed by atoms with van der Waals surface area (Å²) in [6.45, 7) is -0.0320. The number of methoxy groups -OCH3 is 1. The fourth-order valence-electron chi connectivity index (χ4n) is 2.63. The van der Waals surface area contributed by atoms with E-state index >= 15 is 0 Å². The van der Waals surface area contributed by atoms with Crippen LogP contribution in [0.4, 0.5) is 4.39 Å². The number of nitrogens with zero attached hydrogens (tertiary/aromatic N) is 2. The first-order valence-corrected chi connectivity index (χ1v) is 6.64. The number of hydrogen-bond donors (Lipinski definition) is 1. The molecule has 1 aliphatic heterocycles. The Bertz CT molecular complexity index is 734. The second-order valence-corrected chi connectivity index (χ2v) is 5.07. The van der Waals surface area contributed by atoms with Crippen molar-refractivity contribution in [3.63, 3.8) is 0 Å². The van der Waals surface area contributed by atoms with Crippen molar-refractivity contribution in [1.29, 1.82) is 5.26 Å². The van der Waals surface area contributed by atoms with Gasteiger partial charge in [-0.25, -0.2) is 4.39 Å². The first-order valence-electron chi connectivity index (χ1n) is 6.64. The van der Waals surface area contributed by atoms with Crippen LogP contribution in [0.15, 0.2) is 24.3 Å². The van der Waals surface area contributed by atoms with Crippen LogP contribution >= 0.6 is 0 Å². The average Bonchev–Trinajstić information content (AvgIpc) is 3.08. The zero-order chi connectivity index (χ0) is 15.0. The number of ether oxygens (including phenoxy) is 1. The number of halogens is 1. The molecule has 0 saturated carbocycles. The van der Waals surface area contributed by atoms with Gasteiger partial charge < -0.3 is 14.6 Å². The van der Waals surface area contributed by atoms with Crippen molar-refractivity contribution in [3.05, 3.63) is 30.0 Å². The molecule has 1 N–H and O–H groups in total. The van der Waals surface area contributed by atoms with Gasteiger partial charge in [-0.1, -0.05) is 0 Å². The number of aromatic nitrogens is 1. The molecule has 1 saturated heterocycles. The quantitative estimate of drug-likeness (QED) is 0.921. The van der Waals surface area contributed by atoms with Gasteiger partial charge in [-0.05, 0) is 18.2 Å². The molecule has 2 heterocycles. The summed E-state index contributed by atoms with van der Waals surface area (Å²) in [5, 5.41) is 9.89. The van der Waals surface area contributed by atoms with E-state index in [1.54, 1.807) is 25.3 Å². The van der Waals surface area contributed by atoms with E-state index in [1.807, 2.05) is 12.1 Å². The monoisotopic (exact) mass is 287 g/mol. The third kappa shape index (κ3) is 2.31. The molecule has 0 spiro atoms. The molecule has 21 heavy (non-hydrogen) atoms. The minimum Gasteiger partial charge on any atom is -0.497 e. The number of amides is 1. The number of H-pyrrole nitrogens is 1. The summed E-state index contributed by atoms with van der Waals surface area (Å²) >= 11 is 0. The van der Waals surface area contributed by atoms with E-state index in [2.05, 4.69) is 4.98 Å². The zero-order valence-electron chi connectivity index (χ0n) is 11.5. The number of nitriles is 1. The molecule has 1 fully saturated rings. The van der Waals surface area contributed by atoms with Crippen LogP contribution in [-0.4, -0.2) is 41.7 Å². The molecular formula is C15H14FN3O2. The van der Waals surface area contributed by atoms with Crippen molar-refractivity contribution in [2.45, 2.75) is 18.6 Å². The van der Waals surface area contributed by atoms with E-state index in [0.717, 1.165) is 10.9 Å². The summed E-state index contributed by atoms with van der Waals surface area (Å²) in [4.78, 5) is 16.7. The van der Waals surface area contributed by atoms with Gasteiger partial charge in [-0.15, -0.1) is 0 Å². The second kappa shape index (κ2) is 5.09. The molecule has 3 rings (SSSR count). The average molecular weight is 287 g/mol. The summed E-state index contributed by atoms with van der Waals surface area (Å²) < 4.78 is 18.6. The van der Waals surface area contributed by atoms with Crippen LogP contribution in [-0.2, 0) is 0 Å². The Morgan fingerprint density at radius 1 is 1.52 bits per heavy atom. The highest BCUT2D eigenvalue weighted by Crippen LogP contribution is 2.25. The Balaban J connectivity index is 1.93. The molecule has 2 atom stereocenters. The number of alkyl halides is 1. The number of likely N-dealkylation sites (tertiary alicyclic amines) is 1. The molecule has 2 unspecified atom stereocenters. The maximum Gasteiger partial charge on any atom is 0.271 e. The molecule has 108 valence electrons. The fourth-order valence-corrected chi connectivity index (χ4v) is 2.63. The van der Waals surface area contributed by atoms with E-state index in [4.69, 9.17) is 10.00 Å². The summed E-state index contributed by atoms with van der Waals surface area (Å²) in [5.74, 6) is 0.333. The fraction of sp³-hybridized carbons (Fsp3) is 0.333. The van der Waals surface area contributed by atoms with E-state index in [0.29, 0.717) is 11.4 Å². The van der Waals surface area contributed by atoms with Gasteiger partial charge in [0.1, 0.15) is 23.7 Å². The van der Waals surface area contributed by atoms with Gasteiger partial charge >= 0.3 is 0 Å². The van der Waals surface area contributed by atoms with Crippen molar-refractivity contribution in [2.75, 3.05) is 13.7 Å². The number of rotatable bonds is 2. The highest BCUT2D eigenvalue weighted by molar-refractivity contribution is 5.98. The van der Waals surface area contributed by atoms with Gasteiger partial charge in [0.2, 0.25) is 0 Å². The molecule has 0 radical (unpaired) electrons. The molecule has 2 aromatic rings. The first kappa shape index (κ1) is 13.4. The third-order valence-corrected chi connectivity index (χ3v) is 3.72. The Kier molecular flexibility index (Phi) is 3.26. The van der Waals surface area contributed by atoms with Gasteiger partial charge in [0.15, 0.2) is 0 Å². The predicted molar refractivity (Wildman–Crippen MR) is 74.8 cm³/mol.